The summed E-state index contributed by atoms with van der Waals surface area (Å²) in [5, 5.41) is 9.01. The van der Waals surface area contributed by atoms with Crippen LogP contribution in [-0.2, 0) is 6.54 Å². The fourth-order valence-corrected chi connectivity index (χ4v) is 4.80. The molecule has 0 atom stereocenters. The topological polar surface area (TPSA) is 107 Å². The van der Waals surface area contributed by atoms with Crippen molar-refractivity contribution in [2.24, 2.45) is 5.73 Å². The fraction of sp³-hybridized carbons (Fsp3) is 0.333. The third kappa shape index (κ3) is 4.74. The number of imidazole rings is 1. The first-order valence-corrected chi connectivity index (χ1v) is 12.1. The van der Waals surface area contributed by atoms with Crippen LogP contribution >= 0.6 is 11.3 Å². The minimum atomic E-state index is 0.299. The largest absolute Gasteiger partial charge is 0.364 e. The number of anilines is 2. The Morgan fingerprint density at radius 1 is 1.18 bits per heavy atom. The summed E-state index contributed by atoms with van der Waals surface area (Å²) in [6, 6.07) is 8.88. The maximum Gasteiger partial charge on any atom is 0.227 e. The first-order chi connectivity index (χ1) is 16.1. The van der Waals surface area contributed by atoms with Crippen molar-refractivity contribution in [3.8, 4) is 10.6 Å². The molecule has 0 unspecified atom stereocenters. The van der Waals surface area contributed by atoms with Gasteiger partial charge in [0, 0.05) is 30.5 Å². The third-order valence-electron chi connectivity index (χ3n) is 5.97. The number of hydrogen-bond acceptors (Lipinski definition) is 8. The zero-order valence-electron chi connectivity index (χ0n) is 18.7. The maximum absolute atomic E-state index is 6.06. The summed E-state index contributed by atoms with van der Waals surface area (Å²) >= 11 is 1.69. The predicted octanol–water partition coefficient (Wildman–Crippen LogP) is 4.73. The van der Waals surface area contributed by atoms with E-state index in [9.17, 15) is 0 Å². The van der Waals surface area contributed by atoms with Crippen molar-refractivity contribution >= 4 is 40.0 Å². The van der Waals surface area contributed by atoms with Gasteiger partial charge in [-0.15, -0.1) is 11.3 Å². The number of thiophene rings is 1. The van der Waals surface area contributed by atoms with Crippen molar-refractivity contribution in [3.05, 3.63) is 54.3 Å². The molecule has 0 spiro atoms. The van der Waals surface area contributed by atoms with E-state index in [0.717, 1.165) is 58.7 Å². The van der Waals surface area contributed by atoms with Gasteiger partial charge in [0.1, 0.15) is 6.33 Å². The molecular formula is C24H28N8S. The summed E-state index contributed by atoms with van der Waals surface area (Å²) in [6.45, 7) is 6.58. The van der Waals surface area contributed by atoms with Crippen LogP contribution in [0, 0.1) is 0 Å². The molecule has 4 heterocycles. The lowest BCUT2D eigenvalue weighted by Crippen LogP contribution is -2.33. The Hall–Kier alpha value is -3.30. The highest BCUT2D eigenvalue weighted by molar-refractivity contribution is 7.13. The minimum absolute atomic E-state index is 0.299. The van der Waals surface area contributed by atoms with E-state index in [4.69, 9.17) is 15.7 Å². The lowest BCUT2D eigenvalue weighted by atomic mass is 9.92. The summed E-state index contributed by atoms with van der Waals surface area (Å²) in [5.74, 6) is 1.29. The molecule has 5 rings (SSSR count). The van der Waals surface area contributed by atoms with Gasteiger partial charge in [0.15, 0.2) is 17.0 Å². The van der Waals surface area contributed by atoms with Gasteiger partial charge in [0.05, 0.1) is 10.6 Å². The molecule has 0 radical (unpaired) electrons. The van der Waals surface area contributed by atoms with Crippen molar-refractivity contribution in [2.75, 3.05) is 10.6 Å². The second-order valence-corrected chi connectivity index (χ2v) is 9.50. The molecule has 0 aliphatic heterocycles. The van der Waals surface area contributed by atoms with Gasteiger partial charge in [-0.3, -0.25) is 9.55 Å². The highest BCUT2D eigenvalue weighted by atomic mass is 32.1. The first kappa shape index (κ1) is 21.5. The van der Waals surface area contributed by atoms with Gasteiger partial charge in [0.2, 0.25) is 5.95 Å². The van der Waals surface area contributed by atoms with Crippen LogP contribution in [0.4, 0.5) is 11.8 Å². The van der Waals surface area contributed by atoms with Crippen LogP contribution in [0.2, 0.25) is 0 Å². The summed E-state index contributed by atoms with van der Waals surface area (Å²) in [4.78, 5) is 19.9. The molecule has 170 valence electrons. The van der Waals surface area contributed by atoms with Crippen molar-refractivity contribution in [1.29, 1.82) is 0 Å². The van der Waals surface area contributed by atoms with Crippen molar-refractivity contribution in [3.63, 3.8) is 0 Å². The number of fused-ring (bicyclic) bond motifs is 1. The Kier molecular flexibility index (Phi) is 6.06. The lowest BCUT2D eigenvalue weighted by Gasteiger charge is -2.26. The Labute approximate surface area is 197 Å². The van der Waals surface area contributed by atoms with Crippen LogP contribution in [0.3, 0.4) is 0 Å². The van der Waals surface area contributed by atoms with Crippen LogP contribution < -0.4 is 16.4 Å². The molecule has 8 nitrogen and oxygen atoms in total. The van der Waals surface area contributed by atoms with E-state index < -0.39 is 0 Å². The lowest BCUT2D eigenvalue weighted by molar-refractivity contribution is 0.410. The van der Waals surface area contributed by atoms with Crippen LogP contribution in [0.1, 0.15) is 38.2 Å². The van der Waals surface area contributed by atoms with Crippen molar-refractivity contribution < 1.29 is 0 Å². The van der Waals surface area contributed by atoms with Crippen LogP contribution in [0.5, 0.6) is 0 Å². The highest BCUT2D eigenvalue weighted by Gasteiger charge is 2.21. The second kappa shape index (κ2) is 9.29. The molecule has 0 saturated heterocycles. The number of nitrogens with two attached hydrogens (primary N) is 1. The van der Waals surface area contributed by atoms with E-state index in [1.807, 2.05) is 23.8 Å². The number of nitrogens with zero attached hydrogens (tertiary/aromatic N) is 5. The Morgan fingerprint density at radius 3 is 2.73 bits per heavy atom. The van der Waals surface area contributed by atoms with Gasteiger partial charge < -0.3 is 16.4 Å². The van der Waals surface area contributed by atoms with E-state index in [-0.39, 0.29) is 0 Å². The van der Waals surface area contributed by atoms with Crippen LogP contribution in [-0.4, -0.2) is 36.6 Å². The molecule has 9 heteroatoms. The molecule has 1 fully saturated rings. The molecular weight excluding hydrogens is 432 g/mol. The number of hydrogen-bond donors (Lipinski definition) is 3. The summed E-state index contributed by atoms with van der Waals surface area (Å²) in [5.41, 5.74) is 10.4. The zero-order valence-corrected chi connectivity index (χ0v) is 19.5. The number of aromatic nitrogens is 5. The SMILES string of the molecule is C=C(C)n1cnc2c(NCc3ccc(-c4cccs4)nc3)nc(NC3CCC(N)CC3)nc21. The average molecular weight is 461 g/mol. The van der Waals surface area contributed by atoms with Gasteiger partial charge in [0.25, 0.3) is 0 Å². The zero-order chi connectivity index (χ0) is 22.8. The molecule has 4 aromatic heterocycles. The molecule has 1 aliphatic carbocycles. The molecule has 4 N–H and O–H groups in total. The number of allylic oxidation sites excluding steroid dienone is 1. The van der Waals surface area contributed by atoms with Crippen molar-refractivity contribution in [2.45, 2.75) is 51.2 Å². The quantitative estimate of drug-likeness (QED) is 0.366. The van der Waals surface area contributed by atoms with E-state index in [2.05, 4.69) is 50.8 Å². The number of nitrogens with one attached hydrogen (secondary N) is 2. The smallest absolute Gasteiger partial charge is 0.227 e. The van der Waals surface area contributed by atoms with Crippen LogP contribution in [0.15, 0.2) is 48.7 Å². The molecule has 0 aromatic carbocycles. The normalized spacial score (nSPS) is 18.4. The number of pyridine rings is 1. The third-order valence-corrected chi connectivity index (χ3v) is 6.86. The summed E-state index contributed by atoms with van der Waals surface area (Å²) in [7, 11) is 0. The fourth-order valence-electron chi connectivity index (χ4n) is 4.10. The van der Waals surface area contributed by atoms with Crippen molar-refractivity contribution in [1.82, 2.24) is 24.5 Å². The molecule has 0 bridgehead atoms. The van der Waals surface area contributed by atoms with Crippen LogP contribution in [0.25, 0.3) is 27.4 Å². The molecule has 1 saturated carbocycles. The molecule has 0 amide bonds. The van der Waals surface area contributed by atoms with E-state index in [0.29, 0.717) is 30.4 Å². The number of rotatable bonds is 7. The van der Waals surface area contributed by atoms with E-state index in [1.54, 1.807) is 17.7 Å². The molecule has 1 aliphatic rings. The summed E-state index contributed by atoms with van der Waals surface area (Å²) in [6.07, 6.45) is 7.72. The van der Waals surface area contributed by atoms with E-state index in [1.165, 1.54) is 0 Å². The van der Waals surface area contributed by atoms with Gasteiger partial charge >= 0.3 is 0 Å². The first-order valence-electron chi connectivity index (χ1n) is 11.2. The predicted molar refractivity (Wildman–Crippen MR) is 135 cm³/mol. The monoisotopic (exact) mass is 460 g/mol. The molecule has 4 aromatic rings. The average Bonchev–Trinajstić information content (AvgIpc) is 3.50. The molecule has 33 heavy (non-hydrogen) atoms. The highest BCUT2D eigenvalue weighted by Crippen LogP contribution is 2.26. The Balaban J connectivity index is 1.38. The summed E-state index contributed by atoms with van der Waals surface area (Å²) < 4.78 is 1.89. The van der Waals surface area contributed by atoms with Gasteiger partial charge in [-0.2, -0.15) is 9.97 Å². The van der Waals surface area contributed by atoms with Gasteiger partial charge in [-0.1, -0.05) is 18.7 Å². The maximum atomic E-state index is 6.06. The standard InChI is InChI=1S/C24H28N8S/c1-15(2)32-14-28-21-22(27-13-16-5-10-19(26-12-16)20-4-3-11-33-20)30-24(31-23(21)32)29-18-8-6-17(25)7-9-18/h3-5,10-12,14,17-18H,1,6-9,13,25H2,2H3,(H2,27,29,30,31). The van der Waals surface area contributed by atoms with E-state index >= 15 is 0 Å². The van der Waals surface area contributed by atoms with Gasteiger partial charge in [-0.05, 0) is 55.7 Å². The minimum Gasteiger partial charge on any atom is -0.364 e. The van der Waals surface area contributed by atoms with Gasteiger partial charge in [-0.25, -0.2) is 4.98 Å². The second-order valence-electron chi connectivity index (χ2n) is 8.56. The Bertz CT molecular complexity index is 1240. The Morgan fingerprint density at radius 2 is 2.03 bits per heavy atom.